The zero-order valence-corrected chi connectivity index (χ0v) is 12.1. The summed E-state index contributed by atoms with van der Waals surface area (Å²) in [6.45, 7) is 6.15. The molecule has 0 amide bonds. The smallest absolute Gasteiger partial charge is 0.0168 e. The molecule has 2 fully saturated rings. The molecule has 1 heterocycles. The van der Waals surface area contributed by atoms with Crippen LogP contribution in [0.3, 0.4) is 0 Å². The summed E-state index contributed by atoms with van der Waals surface area (Å²) >= 11 is 0. The Bertz CT molecular complexity index is 188. The van der Waals surface area contributed by atoms with Gasteiger partial charge in [0.25, 0.3) is 0 Å². The molecule has 2 rings (SSSR count). The second-order valence-electron chi connectivity index (χ2n) is 6.13. The van der Waals surface area contributed by atoms with E-state index in [1.165, 1.54) is 58.0 Å². The quantitative estimate of drug-likeness (QED) is 0.845. The third-order valence-corrected chi connectivity index (χ3v) is 4.44. The fraction of sp³-hybridized carbons (Fsp3) is 1.00. The predicted octanol–water partition coefficient (Wildman–Crippen LogP) is 3.05. The van der Waals surface area contributed by atoms with Crippen molar-refractivity contribution in [1.29, 1.82) is 0 Å². The van der Waals surface area contributed by atoms with Gasteiger partial charge in [-0.2, -0.15) is 0 Å². The Labute approximate surface area is 113 Å². The SMILES string of the molecule is CC1CCCC(CCN2CCCC(N)C2)C1.Cl. The lowest BCUT2D eigenvalue weighted by Gasteiger charge is -2.33. The van der Waals surface area contributed by atoms with Crippen LogP contribution in [-0.4, -0.2) is 30.6 Å². The van der Waals surface area contributed by atoms with E-state index < -0.39 is 0 Å². The molecule has 0 aromatic heterocycles. The van der Waals surface area contributed by atoms with Crippen LogP contribution in [0.25, 0.3) is 0 Å². The van der Waals surface area contributed by atoms with Gasteiger partial charge in [0.15, 0.2) is 0 Å². The molecule has 1 saturated carbocycles. The van der Waals surface area contributed by atoms with Crippen molar-refractivity contribution in [2.75, 3.05) is 19.6 Å². The maximum absolute atomic E-state index is 6.01. The average molecular weight is 261 g/mol. The summed E-state index contributed by atoms with van der Waals surface area (Å²) in [6, 6.07) is 0.444. The largest absolute Gasteiger partial charge is 0.327 e. The van der Waals surface area contributed by atoms with Crippen molar-refractivity contribution in [3.63, 3.8) is 0 Å². The number of nitrogens with zero attached hydrogens (tertiary/aromatic N) is 1. The van der Waals surface area contributed by atoms with E-state index in [0.29, 0.717) is 6.04 Å². The van der Waals surface area contributed by atoms with Gasteiger partial charge in [-0.05, 0) is 50.6 Å². The topological polar surface area (TPSA) is 29.3 Å². The molecule has 0 aromatic carbocycles. The first kappa shape index (κ1) is 15.3. The highest BCUT2D eigenvalue weighted by molar-refractivity contribution is 5.85. The first-order valence-corrected chi connectivity index (χ1v) is 7.22. The molecule has 0 aromatic rings. The monoisotopic (exact) mass is 260 g/mol. The van der Waals surface area contributed by atoms with Crippen LogP contribution in [0, 0.1) is 11.8 Å². The Morgan fingerprint density at radius 2 is 2.00 bits per heavy atom. The molecule has 2 N–H and O–H groups in total. The summed E-state index contributed by atoms with van der Waals surface area (Å²) in [7, 11) is 0. The maximum Gasteiger partial charge on any atom is 0.0168 e. The lowest BCUT2D eigenvalue weighted by molar-refractivity contribution is 0.177. The molecule has 0 radical (unpaired) electrons. The first-order valence-electron chi connectivity index (χ1n) is 7.22. The molecule has 3 unspecified atom stereocenters. The van der Waals surface area contributed by atoms with Crippen LogP contribution in [0.5, 0.6) is 0 Å². The zero-order chi connectivity index (χ0) is 11.4. The van der Waals surface area contributed by atoms with Gasteiger partial charge in [-0.25, -0.2) is 0 Å². The minimum absolute atomic E-state index is 0. The van der Waals surface area contributed by atoms with E-state index in [2.05, 4.69) is 11.8 Å². The highest BCUT2D eigenvalue weighted by Crippen LogP contribution is 2.30. The predicted molar refractivity (Wildman–Crippen MR) is 76.6 cm³/mol. The summed E-state index contributed by atoms with van der Waals surface area (Å²) in [5.74, 6) is 1.98. The van der Waals surface area contributed by atoms with Crippen LogP contribution < -0.4 is 5.73 Å². The van der Waals surface area contributed by atoms with Crippen molar-refractivity contribution >= 4 is 12.4 Å². The molecular formula is C14H29ClN2. The fourth-order valence-electron chi connectivity index (χ4n) is 3.48. The molecule has 0 spiro atoms. The maximum atomic E-state index is 6.01. The lowest BCUT2D eigenvalue weighted by Crippen LogP contribution is -2.43. The van der Waals surface area contributed by atoms with Gasteiger partial charge in [-0.3, -0.25) is 0 Å². The fourth-order valence-corrected chi connectivity index (χ4v) is 3.48. The summed E-state index contributed by atoms with van der Waals surface area (Å²) in [5.41, 5.74) is 6.01. The Balaban J connectivity index is 0.00000144. The number of halogens is 1. The van der Waals surface area contributed by atoms with Gasteiger partial charge in [0, 0.05) is 12.6 Å². The second-order valence-corrected chi connectivity index (χ2v) is 6.13. The zero-order valence-electron chi connectivity index (χ0n) is 11.2. The van der Waals surface area contributed by atoms with Crippen LogP contribution in [0.4, 0.5) is 0 Å². The number of hydrogen-bond acceptors (Lipinski definition) is 2. The van der Waals surface area contributed by atoms with Crippen molar-refractivity contribution in [2.24, 2.45) is 17.6 Å². The number of nitrogens with two attached hydrogens (primary N) is 1. The van der Waals surface area contributed by atoms with E-state index in [9.17, 15) is 0 Å². The third-order valence-electron chi connectivity index (χ3n) is 4.44. The van der Waals surface area contributed by atoms with E-state index in [1.54, 1.807) is 0 Å². The third kappa shape index (κ3) is 5.15. The van der Waals surface area contributed by atoms with Crippen molar-refractivity contribution < 1.29 is 0 Å². The molecule has 0 bridgehead atoms. The van der Waals surface area contributed by atoms with Crippen LogP contribution in [0.15, 0.2) is 0 Å². The number of piperidine rings is 1. The Morgan fingerprint density at radius 3 is 2.71 bits per heavy atom. The van der Waals surface area contributed by atoms with Crippen LogP contribution in [-0.2, 0) is 0 Å². The Hall–Kier alpha value is 0.210. The van der Waals surface area contributed by atoms with Crippen molar-refractivity contribution in [3.05, 3.63) is 0 Å². The van der Waals surface area contributed by atoms with E-state index in [1.807, 2.05) is 0 Å². The van der Waals surface area contributed by atoms with Gasteiger partial charge in [-0.1, -0.05) is 26.2 Å². The molecule has 2 aliphatic rings. The molecule has 102 valence electrons. The summed E-state index contributed by atoms with van der Waals surface area (Å²) in [4.78, 5) is 2.59. The number of hydrogen-bond donors (Lipinski definition) is 1. The van der Waals surface area contributed by atoms with Gasteiger partial charge in [0.1, 0.15) is 0 Å². The summed E-state index contributed by atoms with van der Waals surface area (Å²) in [6.07, 6.45) is 9.83. The van der Waals surface area contributed by atoms with Gasteiger partial charge in [0.05, 0.1) is 0 Å². The van der Waals surface area contributed by atoms with Crippen molar-refractivity contribution in [2.45, 2.75) is 57.9 Å². The standard InChI is InChI=1S/C14H28N2.ClH/c1-12-4-2-5-13(10-12)7-9-16-8-3-6-14(15)11-16;/h12-14H,2-11,15H2,1H3;1H. The van der Waals surface area contributed by atoms with Crippen LogP contribution in [0.1, 0.15) is 51.9 Å². The van der Waals surface area contributed by atoms with Gasteiger partial charge in [-0.15, -0.1) is 12.4 Å². The summed E-state index contributed by atoms with van der Waals surface area (Å²) < 4.78 is 0. The van der Waals surface area contributed by atoms with Gasteiger partial charge >= 0.3 is 0 Å². The minimum Gasteiger partial charge on any atom is -0.327 e. The second kappa shape index (κ2) is 7.60. The van der Waals surface area contributed by atoms with E-state index in [0.717, 1.165) is 18.4 Å². The molecule has 1 aliphatic carbocycles. The van der Waals surface area contributed by atoms with Crippen molar-refractivity contribution in [1.82, 2.24) is 4.90 Å². The lowest BCUT2D eigenvalue weighted by atomic mass is 9.81. The number of rotatable bonds is 3. The van der Waals surface area contributed by atoms with E-state index >= 15 is 0 Å². The van der Waals surface area contributed by atoms with Gasteiger partial charge in [0.2, 0.25) is 0 Å². The minimum atomic E-state index is 0. The van der Waals surface area contributed by atoms with Crippen LogP contribution in [0.2, 0.25) is 0 Å². The molecular weight excluding hydrogens is 232 g/mol. The Morgan fingerprint density at radius 1 is 1.18 bits per heavy atom. The van der Waals surface area contributed by atoms with Crippen LogP contribution >= 0.6 is 12.4 Å². The normalized spacial score (nSPS) is 35.3. The highest BCUT2D eigenvalue weighted by Gasteiger charge is 2.21. The Kier molecular flexibility index (Phi) is 6.83. The molecule has 2 nitrogen and oxygen atoms in total. The first-order chi connectivity index (χ1) is 7.74. The van der Waals surface area contributed by atoms with E-state index in [4.69, 9.17) is 5.73 Å². The average Bonchev–Trinajstić information content (AvgIpc) is 2.27. The van der Waals surface area contributed by atoms with Crippen molar-refractivity contribution in [3.8, 4) is 0 Å². The summed E-state index contributed by atoms with van der Waals surface area (Å²) in [5, 5.41) is 0. The molecule has 17 heavy (non-hydrogen) atoms. The highest BCUT2D eigenvalue weighted by atomic mass is 35.5. The molecule has 3 heteroatoms. The molecule has 1 aliphatic heterocycles. The molecule has 1 saturated heterocycles. The number of likely N-dealkylation sites (tertiary alicyclic amines) is 1. The molecule has 3 atom stereocenters. The van der Waals surface area contributed by atoms with E-state index in [-0.39, 0.29) is 12.4 Å². The van der Waals surface area contributed by atoms with Gasteiger partial charge < -0.3 is 10.6 Å².